The highest BCUT2D eigenvalue weighted by molar-refractivity contribution is 6.56. The van der Waals surface area contributed by atoms with Crippen molar-refractivity contribution in [2.75, 3.05) is 0 Å². The van der Waals surface area contributed by atoms with Crippen LogP contribution >= 0.6 is 0 Å². The van der Waals surface area contributed by atoms with Crippen LogP contribution in [0.2, 0.25) is 0 Å². The van der Waals surface area contributed by atoms with Crippen molar-refractivity contribution in [1.82, 2.24) is 0 Å². The summed E-state index contributed by atoms with van der Waals surface area (Å²) in [5.74, 6) is 0. The van der Waals surface area contributed by atoms with E-state index in [4.69, 9.17) is 8.23 Å². The molecular weight excluding hydrogens is 380 g/mol. The molecule has 0 aliphatic rings. The van der Waals surface area contributed by atoms with E-state index in [1.165, 1.54) is 48.3 Å². The molecular formula is C22H20O2Si3. The summed E-state index contributed by atoms with van der Waals surface area (Å²) in [6.07, 6.45) is 0. The first-order chi connectivity index (χ1) is 13.3. The van der Waals surface area contributed by atoms with E-state index in [9.17, 15) is 0 Å². The van der Waals surface area contributed by atoms with Gasteiger partial charge in [-0.1, -0.05) is 54.6 Å². The molecule has 5 aromatic carbocycles. The van der Waals surface area contributed by atoms with Gasteiger partial charge in [-0.05, 0) is 72.5 Å². The zero-order valence-electron chi connectivity index (χ0n) is 15.2. The topological polar surface area (TPSA) is 18.5 Å². The average molecular weight is 401 g/mol. The highest BCUT2D eigenvalue weighted by atomic mass is 28.3. The Morgan fingerprint density at radius 1 is 0.593 bits per heavy atom. The second-order valence-electron chi connectivity index (χ2n) is 6.95. The Bertz CT molecular complexity index is 1300. The van der Waals surface area contributed by atoms with Crippen LogP contribution in [0.4, 0.5) is 0 Å². The standard InChI is InChI=1S/C22H20O2Si3/c25-23-27-24-26-22-7-3-6-16-11-18-9-8-17-10-14-4-1-2-5-15(14)12-19(17)20(18)13-21(16)22/h1-13H,26-27H2,25H3. The van der Waals surface area contributed by atoms with Crippen LogP contribution in [-0.4, -0.2) is 30.3 Å². The highest BCUT2D eigenvalue weighted by Gasteiger charge is 2.08. The number of rotatable bonds is 4. The van der Waals surface area contributed by atoms with Crippen molar-refractivity contribution in [3.8, 4) is 0 Å². The van der Waals surface area contributed by atoms with Crippen LogP contribution in [0.1, 0.15) is 0 Å². The minimum atomic E-state index is -0.763. The molecule has 5 aromatic rings. The zero-order valence-corrected chi connectivity index (χ0v) is 20.1. The molecule has 27 heavy (non-hydrogen) atoms. The van der Waals surface area contributed by atoms with Crippen molar-refractivity contribution in [3.63, 3.8) is 0 Å². The molecule has 0 saturated carbocycles. The van der Waals surface area contributed by atoms with Crippen LogP contribution < -0.4 is 5.19 Å². The molecule has 0 unspecified atom stereocenters. The summed E-state index contributed by atoms with van der Waals surface area (Å²) in [7, 11) is -0.719. The van der Waals surface area contributed by atoms with E-state index in [2.05, 4.69) is 78.9 Å². The van der Waals surface area contributed by atoms with Gasteiger partial charge in [0.2, 0.25) is 0 Å². The average Bonchev–Trinajstić information content (AvgIpc) is 2.71. The third-order valence-corrected chi connectivity index (χ3v) is 8.60. The second-order valence-corrected chi connectivity index (χ2v) is 12.2. The Morgan fingerprint density at radius 3 is 2.00 bits per heavy atom. The van der Waals surface area contributed by atoms with Gasteiger partial charge in [0.15, 0.2) is 9.76 Å². The maximum Gasteiger partial charge on any atom is 0.283 e. The van der Waals surface area contributed by atoms with Gasteiger partial charge in [-0.15, -0.1) is 0 Å². The van der Waals surface area contributed by atoms with Gasteiger partial charge < -0.3 is 8.23 Å². The Balaban J connectivity index is 1.79. The number of fused-ring (bicyclic) bond motifs is 5. The molecule has 0 bridgehead atoms. The predicted molar refractivity (Wildman–Crippen MR) is 125 cm³/mol. The predicted octanol–water partition coefficient (Wildman–Crippen LogP) is 2.32. The number of hydrogen-bond acceptors (Lipinski definition) is 2. The van der Waals surface area contributed by atoms with Gasteiger partial charge in [0, 0.05) is 0 Å². The van der Waals surface area contributed by atoms with Crippen molar-refractivity contribution >= 4 is 78.5 Å². The second kappa shape index (κ2) is 7.03. The Morgan fingerprint density at radius 2 is 1.22 bits per heavy atom. The van der Waals surface area contributed by atoms with Crippen LogP contribution in [0.15, 0.2) is 78.9 Å². The fraction of sp³-hybridized carbons (Fsp3) is 0. The molecule has 132 valence electrons. The van der Waals surface area contributed by atoms with Gasteiger partial charge in [-0.2, -0.15) is 0 Å². The van der Waals surface area contributed by atoms with E-state index < -0.39 is 19.8 Å². The molecule has 0 radical (unpaired) electrons. The van der Waals surface area contributed by atoms with E-state index >= 15 is 0 Å². The van der Waals surface area contributed by atoms with Gasteiger partial charge in [-0.3, -0.25) is 0 Å². The Labute approximate surface area is 165 Å². The lowest BCUT2D eigenvalue weighted by Crippen LogP contribution is -2.21. The van der Waals surface area contributed by atoms with E-state index in [1.807, 2.05) is 0 Å². The van der Waals surface area contributed by atoms with Crippen LogP contribution in [0, 0.1) is 0 Å². The van der Waals surface area contributed by atoms with E-state index in [0.717, 1.165) is 10.5 Å². The summed E-state index contributed by atoms with van der Waals surface area (Å²) < 4.78 is 11.3. The summed E-state index contributed by atoms with van der Waals surface area (Å²) in [6.45, 7) is 0. The molecule has 2 nitrogen and oxygen atoms in total. The smallest absolute Gasteiger partial charge is 0.283 e. The first-order valence-electron chi connectivity index (χ1n) is 9.17. The molecule has 0 fully saturated rings. The third kappa shape index (κ3) is 3.03. The molecule has 0 aromatic heterocycles. The largest absolute Gasteiger partial charge is 0.449 e. The lowest BCUT2D eigenvalue weighted by molar-refractivity contribution is 0.508. The van der Waals surface area contributed by atoms with Gasteiger partial charge in [0.1, 0.15) is 10.5 Å². The van der Waals surface area contributed by atoms with Crippen molar-refractivity contribution in [3.05, 3.63) is 78.9 Å². The number of benzene rings is 5. The lowest BCUT2D eigenvalue weighted by atomic mass is 9.96. The van der Waals surface area contributed by atoms with Gasteiger partial charge >= 0.3 is 0 Å². The Kier molecular flexibility index (Phi) is 4.39. The molecule has 0 amide bonds. The van der Waals surface area contributed by atoms with E-state index in [0.29, 0.717) is 0 Å². The normalized spacial score (nSPS) is 12.7. The third-order valence-electron chi connectivity index (χ3n) is 5.25. The summed E-state index contributed by atoms with van der Waals surface area (Å²) in [4.78, 5) is 0. The summed E-state index contributed by atoms with van der Waals surface area (Å²) in [5.41, 5.74) is 0. The first kappa shape index (κ1) is 16.9. The molecule has 0 spiro atoms. The van der Waals surface area contributed by atoms with Crippen molar-refractivity contribution in [2.45, 2.75) is 0 Å². The van der Waals surface area contributed by atoms with Gasteiger partial charge in [0.25, 0.3) is 10.0 Å². The minimum absolute atomic E-state index is 0.737. The molecule has 0 atom stereocenters. The van der Waals surface area contributed by atoms with Crippen molar-refractivity contribution < 1.29 is 8.23 Å². The summed E-state index contributed by atoms with van der Waals surface area (Å²) >= 11 is 0. The molecule has 0 aliphatic heterocycles. The number of hydrogen-bond donors (Lipinski definition) is 0. The SMILES string of the molecule is [SiH3]O[SiH2]O[SiH2]c1cccc2cc3ccc4cc5ccccc5cc4c3cc12. The maximum absolute atomic E-state index is 5.92. The quantitative estimate of drug-likeness (QED) is 0.199. The monoisotopic (exact) mass is 400 g/mol. The van der Waals surface area contributed by atoms with Crippen LogP contribution in [0.3, 0.4) is 0 Å². The van der Waals surface area contributed by atoms with E-state index in [1.54, 1.807) is 0 Å². The molecule has 5 heteroatoms. The van der Waals surface area contributed by atoms with Gasteiger partial charge in [-0.25, -0.2) is 0 Å². The van der Waals surface area contributed by atoms with Gasteiger partial charge in [0.05, 0.1) is 0 Å². The van der Waals surface area contributed by atoms with Crippen LogP contribution in [0.5, 0.6) is 0 Å². The molecule has 0 aliphatic carbocycles. The molecule has 0 heterocycles. The van der Waals surface area contributed by atoms with E-state index in [-0.39, 0.29) is 0 Å². The first-order valence-corrected chi connectivity index (χ1v) is 12.4. The van der Waals surface area contributed by atoms with Crippen LogP contribution in [0.25, 0.3) is 43.1 Å². The fourth-order valence-electron chi connectivity index (χ4n) is 3.95. The Hall–Kier alpha value is -2.29. The minimum Gasteiger partial charge on any atom is -0.449 e. The van der Waals surface area contributed by atoms with Crippen molar-refractivity contribution in [2.24, 2.45) is 0 Å². The molecule has 0 saturated heterocycles. The molecule has 0 N–H and O–H groups in total. The maximum atomic E-state index is 5.92. The zero-order chi connectivity index (χ0) is 18.2. The van der Waals surface area contributed by atoms with Crippen molar-refractivity contribution in [1.29, 1.82) is 0 Å². The summed E-state index contributed by atoms with van der Waals surface area (Å²) in [5, 5.41) is 11.8. The van der Waals surface area contributed by atoms with Crippen LogP contribution in [-0.2, 0) is 8.23 Å². The molecule has 5 rings (SSSR count). The highest BCUT2D eigenvalue weighted by Crippen LogP contribution is 2.31. The lowest BCUT2D eigenvalue weighted by Gasteiger charge is -2.11. The summed E-state index contributed by atoms with van der Waals surface area (Å²) in [6, 6.07) is 29.0. The fourth-order valence-corrected chi connectivity index (χ4v) is 8.02.